The van der Waals surface area contributed by atoms with E-state index in [1.807, 2.05) is 0 Å². The Balaban J connectivity index is 1.83. The van der Waals surface area contributed by atoms with E-state index in [1.165, 1.54) is 18.8 Å². The molecule has 0 radical (unpaired) electrons. The zero-order valence-corrected chi connectivity index (χ0v) is 17.3. The number of nitrogens with zero attached hydrogens (tertiary/aromatic N) is 3. The standard InChI is InChI=1S/C17H16N4O6S2/c1-4-27-15(24)9-6-28-13-11(9)14(23)21(7-18-13)5-10(22)20-17-19-8(2)12(29-17)16(25)26-3/h6-7H,4-5H2,1-3H3,(H,19,20,22). The van der Waals surface area contributed by atoms with Crippen molar-refractivity contribution >= 4 is 55.9 Å². The van der Waals surface area contributed by atoms with E-state index < -0.39 is 23.4 Å². The summed E-state index contributed by atoms with van der Waals surface area (Å²) in [6, 6.07) is 0. The van der Waals surface area contributed by atoms with Crippen molar-refractivity contribution in [2.75, 3.05) is 19.0 Å². The average Bonchev–Trinajstić information content (AvgIpc) is 3.27. The van der Waals surface area contributed by atoms with E-state index >= 15 is 0 Å². The SMILES string of the molecule is CCOC(=O)c1csc2ncn(CC(=O)Nc3nc(C)c(C(=O)OC)s3)c(=O)c12. The summed E-state index contributed by atoms with van der Waals surface area (Å²) in [5.41, 5.74) is 0.0205. The van der Waals surface area contributed by atoms with Gasteiger partial charge in [0, 0.05) is 5.38 Å². The van der Waals surface area contributed by atoms with Crippen LogP contribution in [0.1, 0.15) is 32.6 Å². The van der Waals surface area contributed by atoms with Gasteiger partial charge in [-0.1, -0.05) is 11.3 Å². The normalized spacial score (nSPS) is 10.7. The summed E-state index contributed by atoms with van der Waals surface area (Å²) in [6.45, 7) is 3.12. The summed E-state index contributed by atoms with van der Waals surface area (Å²) in [6.07, 6.45) is 1.24. The molecule has 1 N–H and O–H groups in total. The van der Waals surface area contributed by atoms with Gasteiger partial charge >= 0.3 is 11.9 Å². The molecule has 3 aromatic rings. The van der Waals surface area contributed by atoms with Gasteiger partial charge in [-0.3, -0.25) is 14.2 Å². The number of rotatable bonds is 6. The molecule has 0 saturated carbocycles. The fourth-order valence-corrected chi connectivity index (χ4v) is 4.25. The van der Waals surface area contributed by atoms with Crippen molar-refractivity contribution in [2.45, 2.75) is 20.4 Å². The molecule has 0 saturated heterocycles. The maximum atomic E-state index is 12.8. The quantitative estimate of drug-likeness (QED) is 0.579. The first-order chi connectivity index (χ1) is 13.8. The maximum absolute atomic E-state index is 12.8. The fraction of sp³-hybridized carbons (Fsp3) is 0.294. The Hall–Kier alpha value is -3.12. The van der Waals surface area contributed by atoms with Crippen LogP contribution in [0.5, 0.6) is 0 Å². The molecule has 3 aromatic heterocycles. The monoisotopic (exact) mass is 436 g/mol. The predicted octanol–water partition coefficient (Wildman–Crippen LogP) is 1.82. The Kier molecular flexibility index (Phi) is 6.03. The molecule has 1 amide bonds. The third-order valence-corrected chi connectivity index (χ3v) is 5.72. The van der Waals surface area contributed by atoms with Crippen molar-refractivity contribution in [3.05, 3.63) is 38.2 Å². The number of methoxy groups -OCH3 is 1. The van der Waals surface area contributed by atoms with Gasteiger partial charge in [-0.25, -0.2) is 19.6 Å². The van der Waals surface area contributed by atoms with E-state index in [2.05, 4.69) is 20.0 Å². The van der Waals surface area contributed by atoms with Crippen molar-refractivity contribution in [3.63, 3.8) is 0 Å². The molecular weight excluding hydrogens is 420 g/mol. The Labute approximate surface area is 172 Å². The number of carbonyl (C=O) groups excluding carboxylic acids is 3. The van der Waals surface area contributed by atoms with Crippen molar-refractivity contribution in [1.82, 2.24) is 14.5 Å². The summed E-state index contributed by atoms with van der Waals surface area (Å²) in [4.78, 5) is 57.7. The fourth-order valence-electron chi connectivity index (χ4n) is 2.48. The lowest BCUT2D eigenvalue weighted by molar-refractivity contribution is -0.116. The highest BCUT2D eigenvalue weighted by Gasteiger charge is 2.20. The van der Waals surface area contributed by atoms with Crippen LogP contribution in [0.3, 0.4) is 0 Å². The molecule has 3 heterocycles. The molecule has 152 valence electrons. The first-order valence-corrected chi connectivity index (χ1v) is 10.0. The number of carbonyl (C=O) groups is 3. The summed E-state index contributed by atoms with van der Waals surface area (Å²) < 4.78 is 10.7. The van der Waals surface area contributed by atoms with Gasteiger partial charge in [-0.2, -0.15) is 0 Å². The number of hydrogen-bond donors (Lipinski definition) is 1. The number of aromatic nitrogens is 3. The van der Waals surface area contributed by atoms with E-state index in [9.17, 15) is 19.2 Å². The van der Waals surface area contributed by atoms with Gasteiger partial charge in [0.15, 0.2) is 5.13 Å². The summed E-state index contributed by atoms with van der Waals surface area (Å²) in [5.74, 6) is -1.70. The molecule has 0 aliphatic carbocycles. The van der Waals surface area contributed by atoms with Crippen LogP contribution in [0.15, 0.2) is 16.5 Å². The highest BCUT2D eigenvalue weighted by molar-refractivity contribution is 7.17. The number of thiazole rings is 1. The molecule has 0 spiro atoms. The lowest BCUT2D eigenvalue weighted by atomic mass is 10.2. The number of ether oxygens (including phenoxy) is 2. The second-order valence-corrected chi connectivity index (χ2v) is 7.56. The van der Waals surface area contributed by atoms with Crippen LogP contribution in [0.4, 0.5) is 5.13 Å². The molecule has 0 aliphatic rings. The maximum Gasteiger partial charge on any atom is 0.350 e. The minimum atomic E-state index is -0.617. The molecule has 10 nitrogen and oxygen atoms in total. The van der Waals surface area contributed by atoms with Crippen molar-refractivity contribution in [1.29, 1.82) is 0 Å². The van der Waals surface area contributed by atoms with Gasteiger partial charge in [0.1, 0.15) is 16.3 Å². The number of fused-ring (bicyclic) bond motifs is 1. The highest BCUT2D eigenvalue weighted by atomic mass is 32.1. The van der Waals surface area contributed by atoms with E-state index in [4.69, 9.17) is 4.74 Å². The molecule has 0 atom stereocenters. The van der Waals surface area contributed by atoms with E-state index in [0.717, 1.165) is 27.2 Å². The van der Waals surface area contributed by atoms with Gasteiger partial charge in [-0.15, -0.1) is 11.3 Å². The van der Waals surface area contributed by atoms with Crippen LogP contribution < -0.4 is 10.9 Å². The summed E-state index contributed by atoms with van der Waals surface area (Å²) in [7, 11) is 1.25. The number of anilines is 1. The number of esters is 2. The summed E-state index contributed by atoms with van der Waals surface area (Å²) in [5, 5.41) is 4.37. The minimum Gasteiger partial charge on any atom is -0.465 e. The van der Waals surface area contributed by atoms with E-state index in [0.29, 0.717) is 10.5 Å². The first-order valence-electron chi connectivity index (χ1n) is 8.35. The molecule has 29 heavy (non-hydrogen) atoms. The number of aryl methyl sites for hydroxylation is 1. The van der Waals surface area contributed by atoms with Crippen molar-refractivity contribution < 1.29 is 23.9 Å². The molecule has 0 bridgehead atoms. The van der Waals surface area contributed by atoms with Gasteiger partial charge in [0.25, 0.3) is 5.56 Å². The van der Waals surface area contributed by atoms with E-state index in [-0.39, 0.29) is 34.1 Å². The zero-order chi connectivity index (χ0) is 21.1. The Morgan fingerprint density at radius 2 is 2.03 bits per heavy atom. The molecular formula is C17H16N4O6S2. The van der Waals surface area contributed by atoms with Gasteiger partial charge in [0.2, 0.25) is 5.91 Å². The smallest absolute Gasteiger partial charge is 0.350 e. The second kappa shape index (κ2) is 8.49. The van der Waals surface area contributed by atoms with Crippen LogP contribution in [0, 0.1) is 6.92 Å². The second-order valence-electron chi connectivity index (χ2n) is 5.70. The molecule has 0 unspecified atom stereocenters. The highest BCUT2D eigenvalue weighted by Crippen LogP contribution is 2.24. The van der Waals surface area contributed by atoms with Gasteiger partial charge in [-0.05, 0) is 13.8 Å². The van der Waals surface area contributed by atoms with Crippen LogP contribution in [0.2, 0.25) is 0 Å². The molecule has 0 aromatic carbocycles. The van der Waals surface area contributed by atoms with Gasteiger partial charge in [0.05, 0.1) is 36.7 Å². The zero-order valence-electron chi connectivity index (χ0n) is 15.7. The van der Waals surface area contributed by atoms with Crippen molar-refractivity contribution in [3.8, 4) is 0 Å². The Morgan fingerprint density at radius 1 is 1.28 bits per heavy atom. The lowest BCUT2D eigenvalue weighted by Crippen LogP contribution is -2.28. The van der Waals surface area contributed by atoms with Crippen LogP contribution in [0.25, 0.3) is 10.2 Å². The van der Waals surface area contributed by atoms with Crippen LogP contribution in [-0.4, -0.2) is 46.1 Å². The number of thiophene rings is 1. The summed E-state index contributed by atoms with van der Waals surface area (Å²) >= 11 is 2.11. The molecule has 0 aliphatic heterocycles. The molecule has 0 fully saturated rings. The third-order valence-electron chi connectivity index (χ3n) is 3.78. The van der Waals surface area contributed by atoms with Gasteiger partial charge < -0.3 is 14.8 Å². The number of amides is 1. The van der Waals surface area contributed by atoms with Crippen LogP contribution in [-0.2, 0) is 20.8 Å². The lowest BCUT2D eigenvalue weighted by Gasteiger charge is -2.06. The first kappa shape index (κ1) is 20.6. The largest absolute Gasteiger partial charge is 0.465 e. The van der Waals surface area contributed by atoms with Crippen molar-refractivity contribution in [2.24, 2.45) is 0 Å². The Morgan fingerprint density at radius 3 is 2.72 bits per heavy atom. The van der Waals surface area contributed by atoms with Crippen LogP contribution >= 0.6 is 22.7 Å². The number of hydrogen-bond acceptors (Lipinski definition) is 10. The van der Waals surface area contributed by atoms with E-state index in [1.54, 1.807) is 13.8 Å². The predicted molar refractivity (Wildman–Crippen MR) is 107 cm³/mol. The number of nitrogens with one attached hydrogen (secondary N) is 1. The molecule has 3 rings (SSSR count). The minimum absolute atomic E-state index is 0.113. The Bertz CT molecular complexity index is 1160. The third kappa shape index (κ3) is 4.17. The topological polar surface area (TPSA) is 129 Å². The average molecular weight is 436 g/mol. The molecule has 12 heteroatoms.